The molecular formula is C9H16F3NOS. The van der Waals surface area contributed by atoms with E-state index in [9.17, 15) is 13.2 Å². The van der Waals surface area contributed by atoms with Gasteiger partial charge in [0.25, 0.3) is 0 Å². The summed E-state index contributed by atoms with van der Waals surface area (Å²) in [6, 6.07) is 0. The molecule has 0 fully saturated rings. The summed E-state index contributed by atoms with van der Waals surface area (Å²) in [6.07, 6.45) is -3.69. The predicted molar refractivity (Wildman–Crippen MR) is 56.6 cm³/mol. The van der Waals surface area contributed by atoms with Crippen molar-refractivity contribution in [2.24, 2.45) is 17.6 Å². The normalized spacial score (nSPS) is 14.3. The monoisotopic (exact) mass is 243 g/mol. The highest BCUT2D eigenvalue weighted by molar-refractivity contribution is 7.80. The number of alkyl halides is 3. The highest BCUT2D eigenvalue weighted by atomic mass is 32.1. The van der Waals surface area contributed by atoms with Crippen LogP contribution in [0, 0.1) is 11.8 Å². The Morgan fingerprint density at radius 3 is 2.27 bits per heavy atom. The van der Waals surface area contributed by atoms with Crippen LogP contribution in [0.2, 0.25) is 0 Å². The largest absolute Gasteiger partial charge is 0.400 e. The van der Waals surface area contributed by atoms with Crippen molar-refractivity contribution in [3.63, 3.8) is 0 Å². The molecular weight excluding hydrogens is 227 g/mol. The maximum Gasteiger partial charge on any atom is 0.400 e. The van der Waals surface area contributed by atoms with Crippen LogP contribution in [0.25, 0.3) is 0 Å². The zero-order valence-corrected chi connectivity index (χ0v) is 9.62. The average molecular weight is 243 g/mol. The number of rotatable bonds is 6. The van der Waals surface area contributed by atoms with E-state index in [0.717, 1.165) is 6.42 Å². The average Bonchev–Trinajstić information content (AvgIpc) is 1.99. The van der Waals surface area contributed by atoms with Crippen LogP contribution in [0.4, 0.5) is 13.2 Å². The van der Waals surface area contributed by atoms with Gasteiger partial charge in [0.15, 0.2) is 0 Å². The van der Waals surface area contributed by atoms with Crippen molar-refractivity contribution in [3.05, 3.63) is 0 Å². The van der Waals surface area contributed by atoms with Crippen molar-refractivity contribution >= 4 is 17.2 Å². The van der Waals surface area contributed by atoms with E-state index in [4.69, 9.17) is 10.5 Å². The molecule has 0 spiro atoms. The topological polar surface area (TPSA) is 35.2 Å². The maximum atomic E-state index is 12.3. The van der Waals surface area contributed by atoms with Gasteiger partial charge in [0.2, 0.25) is 0 Å². The molecule has 0 aliphatic carbocycles. The molecule has 0 aromatic carbocycles. The van der Waals surface area contributed by atoms with Crippen molar-refractivity contribution in [1.82, 2.24) is 0 Å². The van der Waals surface area contributed by atoms with E-state index in [1.807, 2.05) is 13.8 Å². The van der Waals surface area contributed by atoms with Gasteiger partial charge in [-0.2, -0.15) is 13.2 Å². The Morgan fingerprint density at radius 1 is 1.40 bits per heavy atom. The van der Waals surface area contributed by atoms with Crippen molar-refractivity contribution in [2.75, 3.05) is 13.2 Å². The second-order valence-electron chi connectivity index (χ2n) is 3.75. The molecule has 0 radical (unpaired) electrons. The quantitative estimate of drug-likeness (QED) is 0.575. The molecule has 2 N–H and O–H groups in total. The second kappa shape index (κ2) is 6.27. The summed E-state index contributed by atoms with van der Waals surface area (Å²) in [5.74, 6) is -1.43. The fraction of sp³-hybridized carbons (Fsp3) is 0.889. The molecule has 0 bridgehead atoms. The summed E-state index contributed by atoms with van der Waals surface area (Å²) in [6.45, 7) is 3.76. The molecule has 0 saturated carbocycles. The Labute approximate surface area is 93.0 Å². The molecule has 90 valence electrons. The summed E-state index contributed by atoms with van der Waals surface area (Å²) in [4.78, 5) is -0.563. The van der Waals surface area contributed by atoms with E-state index in [1.165, 1.54) is 0 Å². The third-order valence-electron chi connectivity index (χ3n) is 1.86. The Bertz CT molecular complexity index is 206. The van der Waals surface area contributed by atoms with E-state index in [-0.39, 0.29) is 0 Å². The van der Waals surface area contributed by atoms with E-state index in [0.29, 0.717) is 12.5 Å². The SMILES string of the molecule is CC(C)CCOCC(C(N)=S)C(F)(F)F. The minimum atomic E-state index is -4.41. The zero-order valence-electron chi connectivity index (χ0n) is 8.80. The van der Waals surface area contributed by atoms with Crippen molar-refractivity contribution in [2.45, 2.75) is 26.4 Å². The molecule has 1 unspecified atom stereocenters. The first-order valence-corrected chi connectivity index (χ1v) is 5.09. The van der Waals surface area contributed by atoms with Gasteiger partial charge in [-0.3, -0.25) is 0 Å². The number of halogens is 3. The summed E-state index contributed by atoms with van der Waals surface area (Å²) >= 11 is 4.34. The number of nitrogens with two attached hydrogens (primary N) is 1. The fourth-order valence-corrected chi connectivity index (χ4v) is 1.06. The lowest BCUT2D eigenvalue weighted by Crippen LogP contribution is -2.38. The van der Waals surface area contributed by atoms with Crippen LogP contribution >= 0.6 is 12.2 Å². The molecule has 0 aromatic rings. The molecule has 15 heavy (non-hydrogen) atoms. The van der Waals surface area contributed by atoms with Crippen molar-refractivity contribution in [3.8, 4) is 0 Å². The van der Waals surface area contributed by atoms with Gasteiger partial charge in [0.1, 0.15) is 5.92 Å². The van der Waals surface area contributed by atoms with Gasteiger partial charge in [-0.25, -0.2) is 0 Å². The van der Waals surface area contributed by atoms with Gasteiger partial charge in [0, 0.05) is 6.61 Å². The van der Waals surface area contributed by atoms with E-state index >= 15 is 0 Å². The molecule has 0 heterocycles. The Kier molecular flexibility index (Phi) is 6.12. The summed E-state index contributed by atoms with van der Waals surface area (Å²) in [5, 5.41) is 0. The summed E-state index contributed by atoms with van der Waals surface area (Å²) < 4.78 is 41.8. The third-order valence-corrected chi connectivity index (χ3v) is 2.15. The van der Waals surface area contributed by atoms with Gasteiger partial charge >= 0.3 is 6.18 Å². The minimum absolute atomic E-state index is 0.298. The predicted octanol–water partition coefficient (Wildman–Crippen LogP) is 2.51. The van der Waals surface area contributed by atoms with Gasteiger partial charge < -0.3 is 10.5 Å². The number of hydrogen-bond donors (Lipinski definition) is 1. The van der Waals surface area contributed by atoms with E-state index < -0.39 is 23.7 Å². The minimum Gasteiger partial charge on any atom is -0.393 e. The van der Waals surface area contributed by atoms with Crippen LogP contribution in [-0.2, 0) is 4.74 Å². The van der Waals surface area contributed by atoms with Gasteiger partial charge in [-0.05, 0) is 12.3 Å². The molecule has 1 atom stereocenters. The first-order chi connectivity index (χ1) is 6.75. The molecule has 6 heteroatoms. The standard InChI is InChI=1S/C9H16F3NOS/c1-6(2)3-4-14-5-7(8(13)15)9(10,11)12/h6-7H,3-5H2,1-2H3,(H2,13,15). The van der Waals surface area contributed by atoms with Crippen LogP contribution < -0.4 is 5.73 Å². The first-order valence-electron chi connectivity index (χ1n) is 4.69. The van der Waals surface area contributed by atoms with Crippen molar-refractivity contribution in [1.29, 1.82) is 0 Å². The molecule has 0 rings (SSSR count). The van der Waals surface area contributed by atoms with Crippen LogP contribution in [0.1, 0.15) is 20.3 Å². The number of thiocarbonyl (C=S) groups is 1. The molecule has 0 aliphatic rings. The van der Waals surface area contributed by atoms with Gasteiger partial charge in [0.05, 0.1) is 11.6 Å². The Morgan fingerprint density at radius 2 is 1.93 bits per heavy atom. The van der Waals surface area contributed by atoms with E-state index in [1.54, 1.807) is 0 Å². The van der Waals surface area contributed by atoms with Crippen LogP contribution in [0.5, 0.6) is 0 Å². The van der Waals surface area contributed by atoms with Gasteiger partial charge in [-0.1, -0.05) is 26.1 Å². The Balaban J connectivity index is 3.94. The third kappa shape index (κ3) is 6.67. The van der Waals surface area contributed by atoms with E-state index in [2.05, 4.69) is 12.2 Å². The first kappa shape index (κ1) is 14.6. The lowest BCUT2D eigenvalue weighted by Gasteiger charge is -2.19. The van der Waals surface area contributed by atoms with Crippen LogP contribution in [-0.4, -0.2) is 24.4 Å². The molecule has 0 aromatic heterocycles. The number of hydrogen-bond acceptors (Lipinski definition) is 2. The lowest BCUT2D eigenvalue weighted by molar-refractivity contribution is -0.167. The van der Waals surface area contributed by atoms with Crippen LogP contribution in [0.15, 0.2) is 0 Å². The smallest absolute Gasteiger partial charge is 0.393 e. The zero-order chi connectivity index (χ0) is 12.1. The maximum absolute atomic E-state index is 12.3. The second-order valence-corrected chi connectivity index (χ2v) is 4.23. The summed E-state index contributed by atoms with van der Waals surface area (Å²) in [5.41, 5.74) is 5.00. The summed E-state index contributed by atoms with van der Waals surface area (Å²) in [7, 11) is 0. The Hall–Kier alpha value is -0.360. The van der Waals surface area contributed by atoms with Crippen molar-refractivity contribution < 1.29 is 17.9 Å². The molecule has 2 nitrogen and oxygen atoms in total. The molecule has 0 amide bonds. The highest BCUT2D eigenvalue weighted by Gasteiger charge is 2.41. The van der Waals surface area contributed by atoms with Gasteiger partial charge in [-0.15, -0.1) is 0 Å². The molecule has 0 aliphatic heterocycles. The fourth-order valence-electron chi connectivity index (χ4n) is 0.858. The lowest BCUT2D eigenvalue weighted by atomic mass is 10.1. The van der Waals surface area contributed by atoms with Crippen LogP contribution in [0.3, 0.4) is 0 Å². The highest BCUT2D eigenvalue weighted by Crippen LogP contribution is 2.26. The molecule has 0 saturated heterocycles. The number of ether oxygens (including phenoxy) is 1.